The zero-order valence-electron chi connectivity index (χ0n) is 13.7. The highest BCUT2D eigenvalue weighted by atomic mass is 35.5. The van der Waals surface area contributed by atoms with Gasteiger partial charge in [0.1, 0.15) is 11.6 Å². The summed E-state index contributed by atoms with van der Waals surface area (Å²) in [5, 5.41) is 5.65. The van der Waals surface area contributed by atoms with Gasteiger partial charge < -0.3 is 15.4 Å². The summed E-state index contributed by atoms with van der Waals surface area (Å²) < 4.78 is 19.0. The van der Waals surface area contributed by atoms with Crippen LogP contribution in [0.4, 0.5) is 15.8 Å². The van der Waals surface area contributed by atoms with Gasteiger partial charge in [-0.05, 0) is 42.5 Å². The van der Waals surface area contributed by atoms with Crippen LogP contribution in [0.5, 0.6) is 11.5 Å². The van der Waals surface area contributed by atoms with Crippen molar-refractivity contribution >= 4 is 28.9 Å². The third kappa shape index (κ3) is 4.74. The number of anilines is 2. The van der Waals surface area contributed by atoms with Gasteiger partial charge in [0.15, 0.2) is 5.75 Å². The molecule has 0 aliphatic rings. The van der Waals surface area contributed by atoms with Crippen molar-refractivity contribution in [2.45, 2.75) is 0 Å². The number of amides is 1. The van der Waals surface area contributed by atoms with E-state index in [1.807, 2.05) is 54.6 Å². The molecule has 1 amide bonds. The summed E-state index contributed by atoms with van der Waals surface area (Å²) in [6.45, 7) is 0.0180. The molecule has 3 rings (SSSR count). The molecule has 3 aromatic rings. The molecule has 0 spiro atoms. The van der Waals surface area contributed by atoms with Crippen molar-refractivity contribution in [1.82, 2.24) is 0 Å². The van der Waals surface area contributed by atoms with Crippen LogP contribution in [0.1, 0.15) is 0 Å². The zero-order chi connectivity index (χ0) is 18.4. The second-order valence-corrected chi connectivity index (χ2v) is 5.85. The van der Waals surface area contributed by atoms with Crippen molar-refractivity contribution in [3.63, 3.8) is 0 Å². The molecule has 0 aromatic heterocycles. The van der Waals surface area contributed by atoms with Gasteiger partial charge in [0.25, 0.3) is 0 Å². The maximum atomic E-state index is 13.2. The molecule has 0 fully saturated rings. The number of ether oxygens (including phenoxy) is 1. The summed E-state index contributed by atoms with van der Waals surface area (Å²) in [7, 11) is 0. The second kappa shape index (κ2) is 8.36. The third-order valence-electron chi connectivity index (χ3n) is 3.50. The SMILES string of the molecule is O=C(CNc1ccccc1Oc1ccccc1)Nc1ccc(F)c(Cl)c1. The fourth-order valence-electron chi connectivity index (χ4n) is 2.27. The van der Waals surface area contributed by atoms with E-state index in [1.54, 1.807) is 0 Å². The Hall–Kier alpha value is -3.05. The Bertz CT molecular complexity index is 903. The second-order valence-electron chi connectivity index (χ2n) is 5.44. The summed E-state index contributed by atoms with van der Waals surface area (Å²) in [6, 6.07) is 20.7. The number of rotatable bonds is 6. The largest absolute Gasteiger partial charge is 0.455 e. The van der Waals surface area contributed by atoms with Gasteiger partial charge in [-0.15, -0.1) is 0 Å². The number of carbonyl (C=O) groups is 1. The monoisotopic (exact) mass is 370 g/mol. The fourth-order valence-corrected chi connectivity index (χ4v) is 2.45. The lowest BCUT2D eigenvalue weighted by molar-refractivity contribution is -0.114. The van der Waals surface area contributed by atoms with E-state index in [2.05, 4.69) is 10.6 Å². The standard InChI is InChI=1S/C20H16ClFN2O2/c21-16-12-14(10-11-17(16)22)24-20(25)13-23-18-8-4-5-9-19(18)26-15-6-2-1-3-7-15/h1-12,23H,13H2,(H,24,25). The first-order chi connectivity index (χ1) is 12.6. The van der Waals surface area contributed by atoms with E-state index < -0.39 is 5.82 Å². The van der Waals surface area contributed by atoms with Crippen LogP contribution in [-0.2, 0) is 4.79 Å². The van der Waals surface area contributed by atoms with Crippen molar-refractivity contribution in [3.8, 4) is 11.5 Å². The quantitative estimate of drug-likeness (QED) is 0.617. The summed E-state index contributed by atoms with van der Waals surface area (Å²) in [6.07, 6.45) is 0. The van der Waals surface area contributed by atoms with Crippen molar-refractivity contribution in [3.05, 3.63) is 83.6 Å². The minimum atomic E-state index is -0.533. The first-order valence-electron chi connectivity index (χ1n) is 7.92. The molecule has 3 aromatic carbocycles. The van der Waals surface area contributed by atoms with E-state index in [9.17, 15) is 9.18 Å². The van der Waals surface area contributed by atoms with E-state index in [-0.39, 0.29) is 17.5 Å². The maximum Gasteiger partial charge on any atom is 0.243 e. The van der Waals surface area contributed by atoms with Crippen molar-refractivity contribution in [2.24, 2.45) is 0 Å². The maximum absolute atomic E-state index is 13.2. The van der Waals surface area contributed by atoms with Crippen molar-refractivity contribution < 1.29 is 13.9 Å². The summed E-state index contributed by atoms with van der Waals surface area (Å²) >= 11 is 5.71. The predicted octanol–water partition coefficient (Wildman–Crippen LogP) is 5.32. The molecule has 0 aliphatic carbocycles. The average Bonchev–Trinajstić information content (AvgIpc) is 2.65. The average molecular weight is 371 g/mol. The van der Waals surface area contributed by atoms with Crippen LogP contribution in [0, 0.1) is 5.82 Å². The highest BCUT2D eigenvalue weighted by molar-refractivity contribution is 6.31. The zero-order valence-corrected chi connectivity index (χ0v) is 14.5. The lowest BCUT2D eigenvalue weighted by atomic mass is 10.2. The highest BCUT2D eigenvalue weighted by Crippen LogP contribution is 2.29. The Morgan fingerprint density at radius 1 is 1.00 bits per heavy atom. The predicted molar refractivity (Wildman–Crippen MR) is 101 cm³/mol. The van der Waals surface area contributed by atoms with E-state index in [4.69, 9.17) is 16.3 Å². The van der Waals surface area contributed by atoms with Gasteiger partial charge >= 0.3 is 0 Å². The van der Waals surface area contributed by atoms with Gasteiger partial charge in [0.05, 0.1) is 17.3 Å². The Balaban J connectivity index is 1.62. The van der Waals surface area contributed by atoms with Gasteiger partial charge in [0, 0.05) is 5.69 Å². The number of hydrogen-bond acceptors (Lipinski definition) is 3. The minimum absolute atomic E-state index is 0.0180. The summed E-state index contributed by atoms with van der Waals surface area (Å²) in [5.41, 5.74) is 1.11. The molecule has 0 atom stereocenters. The molecular weight excluding hydrogens is 355 g/mol. The Morgan fingerprint density at radius 3 is 2.50 bits per heavy atom. The minimum Gasteiger partial charge on any atom is -0.455 e. The summed E-state index contributed by atoms with van der Waals surface area (Å²) in [5.74, 6) is 0.487. The van der Waals surface area contributed by atoms with E-state index in [0.29, 0.717) is 22.9 Å². The fraction of sp³-hybridized carbons (Fsp3) is 0.0500. The van der Waals surface area contributed by atoms with Gasteiger partial charge in [-0.2, -0.15) is 0 Å². The molecule has 4 nitrogen and oxygen atoms in total. The molecule has 132 valence electrons. The molecule has 0 unspecified atom stereocenters. The molecule has 26 heavy (non-hydrogen) atoms. The van der Waals surface area contributed by atoms with Crippen LogP contribution in [0.15, 0.2) is 72.8 Å². The smallest absolute Gasteiger partial charge is 0.243 e. The summed E-state index contributed by atoms with van der Waals surface area (Å²) in [4.78, 5) is 12.1. The number of para-hydroxylation sites is 3. The van der Waals surface area contributed by atoms with Crippen LogP contribution in [-0.4, -0.2) is 12.5 Å². The number of hydrogen-bond donors (Lipinski definition) is 2. The molecule has 0 aliphatic heterocycles. The van der Waals surface area contributed by atoms with Gasteiger partial charge in [-0.25, -0.2) is 4.39 Å². The first kappa shape index (κ1) is 17.8. The molecule has 0 saturated carbocycles. The molecular formula is C20H16ClFN2O2. The Labute approximate surface area is 155 Å². The van der Waals surface area contributed by atoms with Crippen LogP contribution >= 0.6 is 11.6 Å². The molecule has 0 radical (unpaired) electrons. The molecule has 6 heteroatoms. The van der Waals surface area contributed by atoms with Gasteiger partial charge in [-0.1, -0.05) is 41.9 Å². The van der Waals surface area contributed by atoms with Crippen molar-refractivity contribution in [2.75, 3.05) is 17.2 Å². The Kier molecular flexibility index (Phi) is 5.71. The number of nitrogens with one attached hydrogen (secondary N) is 2. The van der Waals surface area contributed by atoms with E-state index in [1.165, 1.54) is 18.2 Å². The van der Waals surface area contributed by atoms with Crippen LogP contribution < -0.4 is 15.4 Å². The highest BCUT2D eigenvalue weighted by Gasteiger charge is 2.08. The third-order valence-corrected chi connectivity index (χ3v) is 3.79. The van der Waals surface area contributed by atoms with Crippen molar-refractivity contribution in [1.29, 1.82) is 0 Å². The van der Waals surface area contributed by atoms with Crippen LogP contribution in [0.3, 0.4) is 0 Å². The number of halogens is 2. The van der Waals surface area contributed by atoms with E-state index in [0.717, 1.165) is 0 Å². The van der Waals surface area contributed by atoms with E-state index >= 15 is 0 Å². The van der Waals surface area contributed by atoms with Gasteiger partial charge in [0.2, 0.25) is 5.91 Å². The normalized spacial score (nSPS) is 10.2. The Morgan fingerprint density at radius 2 is 1.73 bits per heavy atom. The molecule has 2 N–H and O–H groups in total. The number of carbonyl (C=O) groups excluding carboxylic acids is 1. The first-order valence-corrected chi connectivity index (χ1v) is 8.30. The lowest BCUT2D eigenvalue weighted by Gasteiger charge is -2.13. The van der Waals surface area contributed by atoms with Crippen LogP contribution in [0.25, 0.3) is 0 Å². The molecule has 0 saturated heterocycles. The topological polar surface area (TPSA) is 50.4 Å². The molecule has 0 heterocycles. The number of benzene rings is 3. The van der Waals surface area contributed by atoms with Crippen LogP contribution in [0.2, 0.25) is 5.02 Å². The van der Waals surface area contributed by atoms with Gasteiger partial charge in [-0.3, -0.25) is 4.79 Å². The molecule has 0 bridgehead atoms. The lowest BCUT2D eigenvalue weighted by Crippen LogP contribution is -2.21.